The molecule has 1 atom stereocenters. The molecule has 1 fully saturated rings. The van der Waals surface area contributed by atoms with Crippen LogP contribution in [0.5, 0.6) is 0 Å². The van der Waals surface area contributed by atoms with Crippen molar-refractivity contribution < 1.29 is 4.84 Å². The minimum absolute atomic E-state index is 0.338. The van der Waals surface area contributed by atoms with Crippen LogP contribution in [-0.2, 0) is 4.84 Å². The Kier molecular flexibility index (Phi) is 3.12. The third-order valence-electron chi connectivity index (χ3n) is 3.98. The second kappa shape index (κ2) is 4.91. The lowest BCUT2D eigenvalue weighted by Gasteiger charge is -2.25. The van der Waals surface area contributed by atoms with E-state index < -0.39 is 0 Å². The Morgan fingerprint density at radius 3 is 2.53 bits per heavy atom. The van der Waals surface area contributed by atoms with E-state index in [-0.39, 0.29) is 0 Å². The number of hydrogen-bond acceptors (Lipinski definition) is 2. The summed E-state index contributed by atoms with van der Waals surface area (Å²) in [7, 11) is 0. The van der Waals surface area contributed by atoms with Gasteiger partial charge in [0.25, 0.3) is 0 Å². The van der Waals surface area contributed by atoms with Gasteiger partial charge < -0.3 is 4.84 Å². The molecule has 1 aromatic carbocycles. The van der Waals surface area contributed by atoms with Crippen molar-refractivity contribution in [3.8, 4) is 0 Å². The number of hydrogen-bond donors (Lipinski definition) is 0. The van der Waals surface area contributed by atoms with Gasteiger partial charge in [-0.1, -0.05) is 54.8 Å². The lowest BCUT2D eigenvalue weighted by molar-refractivity contribution is 0.0268. The summed E-state index contributed by atoms with van der Waals surface area (Å²) in [5, 5.41) is 4.28. The van der Waals surface area contributed by atoms with Gasteiger partial charge in [-0.2, -0.15) is 0 Å². The summed E-state index contributed by atoms with van der Waals surface area (Å²) in [6.45, 7) is 0. The third-order valence-corrected chi connectivity index (χ3v) is 3.98. The lowest BCUT2D eigenvalue weighted by atomic mass is 9.83. The zero-order chi connectivity index (χ0) is 11.5. The fraction of sp³-hybridized carbons (Fsp3) is 0.533. The second-order valence-corrected chi connectivity index (χ2v) is 5.15. The first-order chi connectivity index (χ1) is 8.43. The molecule has 0 spiro atoms. The van der Waals surface area contributed by atoms with Gasteiger partial charge in [-0.3, -0.25) is 0 Å². The molecule has 0 saturated heterocycles. The Hall–Kier alpha value is -1.31. The summed E-state index contributed by atoms with van der Waals surface area (Å²) < 4.78 is 0. The smallest absolute Gasteiger partial charge is 0.136 e. The fourth-order valence-corrected chi connectivity index (χ4v) is 2.96. The van der Waals surface area contributed by atoms with Gasteiger partial charge in [0.05, 0.1) is 5.71 Å². The molecule has 0 N–H and O–H groups in total. The van der Waals surface area contributed by atoms with E-state index in [1.54, 1.807) is 0 Å². The van der Waals surface area contributed by atoms with E-state index in [1.807, 2.05) is 6.07 Å². The van der Waals surface area contributed by atoms with Crippen molar-refractivity contribution in [2.75, 3.05) is 0 Å². The van der Waals surface area contributed by atoms with Gasteiger partial charge in [-0.15, -0.1) is 0 Å². The highest BCUT2D eigenvalue weighted by Crippen LogP contribution is 2.32. The first kappa shape index (κ1) is 10.8. The first-order valence-electron chi connectivity index (χ1n) is 6.71. The van der Waals surface area contributed by atoms with Crippen LogP contribution >= 0.6 is 0 Å². The van der Waals surface area contributed by atoms with Crippen LogP contribution in [0.25, 0.3) is 0 Å². The van der Waals surface area contributed by atoms with Gasteiger partial charge in [0.15, 0.2) is 0 Å². The van der Waals surface area contributed by atoms with E-state index in [9.17, 15) is 0 Å². The Balaban J connectivity index is 1.64. The SMILES string of the molecule is c1ccc(C2=NOC(C3CCCCC3)C2)cc1. The Bertz CT molecular complexity index is 393. The second-order valence-electron chi connectivity index (χ2n) is 5.15. The van der Waals surface area contributed by atoms with Crippen LogP contribution in [0.3, 0.4) is 0 Å². The highest BCUT2D eigenvalue weighted by molar-refractivity contribution is 6.01. The molecule has 1 unspecified atom stereocenters. The molecule has 3 rings (SSSR count). The summed E-state index contributed by atoms with van der Waals surface area (Å²) in [5.74, 6) is 0.730. The molecule has 1 aliphatic heterocycles. The van der Waals surface area contributed by atoms with Gasteiger partial charge in [-0.05, 0) is 24.3 Å². The molecular weight excluding hydrogens is 210 g/mol. The molecule has 1 saturated carbocycles. The summed E-state index contributed by atoms with van der Waals surface area (Å²) in [5.41, 5.74) is 2.34. The molecule has 1 heterocycles. The van der Waals surface area contributed by atoms with Crippen LogP contribution in [0.2, 0.25) is 0 Å². The Labute approximate surface area is 103 Å². The van der Waals surface area contributed by atoms with E-state index in [0.29, 0.717) is 6.10 Å². The summed E-state index contributed by atoms with van der Waals surface area (Å²) in [6, 6.07) is 10.4. The fourth-order valence-electron chi connectivity index (χ4n) is 2.96. The number of oxime groups is 1. The van der Waals surface area contributed by atoms with E-state index in [0.717, 1.165) is 18.1 Å². The number of benzene rings is 1. The van der Waals surface area contributed by atoms with E-state index in [1.165, 1.54) is 37.7 Å². The van der Waals surface area contributed by atoms with E-state index in [4.69, 9.17) is 4.84 Å². The van der Waals surface area contributed by atoms with Crippen molar-refractivity contribution in [2.45, 2.75) is 44.6 Å². The maximum Gasteiger partial charge on any atom is 0.136 e. The van der Waals surface area contributed by atoms with Crippen molar-refractivity contribution in [3.05, 3.63) is 35.9 Å². The number of rotatable bonds is 2. The van der Waals surface area contributed by atoms with Crippen molar-refractivity contribution in [2.24, 2.45) is 11.1 Å². The molecule has 2 aliphatic rings. The normalized spacial score (nSPS) is 25.4. The standard InChI is InChI=1S/C15H19NO/c1-3-7-12(8-4-1)14-11-15(17-16-14)13-9-5-2-6-10-13/h1,3-4,7-8,13,15H,2,5-6,9-11H2. The van der Waals surface area contributed by atoms with E-state index >= 15 is 0 Å². The quantitative estimate of drug-likeness (QED) is 0.756. The van der Waals surface area contributed by atoms with Gasteiger partial charge >= 0.3 is 0 Å². The van der Waals surface area contributed by atoms with Crippen LogP contribution in [0.15, 0.2) is 35.5 Å². The molecular formula is C15H19NO. The Morgan fingerprint density at radius 2 is 1.76 bits per heavy atom. The highest BCUT2D eigenvalue weighted by Gasteiger charge is 2.30. The summed E-state index contributed by atoms with van der Waals surface area (Å²) >= 11 is 0. The predicted molar refractivity (Wildman–Crippen MR) is 69.0 cm³/mol. The molecule has 0 radical (unpaired) electrons. The van der Waals surface area contributed by atoms with Gasteiger partial charge in [-0.25, -0.2) is 0 Å². The molecule has 1 aromatic rings. The van der Waals surface area contributed by atoms with Crippen molar-refractivity contribution in [1.82, 2.24) is 0 Å². The summed E-state index contributed by atoms with van der Waals surface area (Å²) in [4.78, 5) is 5.65. The van der Waals surface area contributed by atoms with Crippen LogP contribution < -0.4 is 0 Å². The Morgan fingerprint density at radius 1 is 1.00 bits per heavy atom. The zero-order valence-corrected chi connectivity index (χ0v) is 10.1. The van der Waals surface area contributed by atoms with Crippen LogP contribution in [0.1, 0.15) is 44.1 Å². The number of nitrogens with zero attached hydrogens (tertiary/aromatic N) is 1. The van der Waals surface area contributed by atoms with Crippen molar-refractivity contribution >= 4 is 5.71 Å². The van der Waals surface area contributed by atoms with Crippen LogP contribution in [0, 0.1) is 5.92 Å². The van der Waals surface area contributed by atoms with E-state index in [2.05, 4.69) is 29.4 Å². The average Bonchev–Trinajstić information content (AvgIpc) is 2.90. The monoisotopic (exact) mass is 229 g/mol. The highest BCUT2D eigenvalue weighted by atomic mass is 16.6. The largest absolute Gasteiger partial charge is 0.392 e. The predicted octanol–water partition coefficient (Wildman–Crippen LogP) is 3.76. The molecule has 17 heavy (non-hydrogen) atoms. The van der Waals surface area contributed by atoms with Crippen LogP contribution in [0.4, 0.5) is 0 Å². The molecule has 0 bridgehead atoms. The average molecular weight is 229 g/mol. The minimum atomic E-state index is 0.338. The van der Waals surface area contributed by atoms with Crippen molar-refractivity contribution in [3.63, 3.8) is 0 Å². The maximum atomic E-state index is 5.65. The van der Waals surface area contributed by atoms with Gasteiger partial charge in [0.1, 0.15) is 6.10 Å². The zero-order valence-electron chi connectivity index (χ0n) is 10.1. The summed E-state index contributed by atoms with van der Waals surface area (Å²) in [6.07, 6.45) is 8.11. The van der Waals surface area contributed by atoms with Crippen molar-refractivity contribution in [1.29, 1.82) is 0 Å². The molecule has 1 aliphatic carbocycles. The molecule has 0 aromatic heterocycles. The van der Waals surface area contributed by atoms with Gasteiger partial charge in [0, 0.05) is 6.42 Å². The molecule has 0 amide bonds. The molecule has 90 valence electrons. The molecule has 2 heteroatoms. The van der Waals surface area contributed by atoms with Gasteiger partial charge in [0.2, 0.25) is 0 Å². The first-order valence-corrected chi connectivity index (χ1v) is 6.71. The minimum Gasteiger partial charge on any atom is -0.392 e. The third kappa shape index (κ3) is 2.36. The topological polar surface area (TPSA) is 21.6 Å². The molecule has 2 nitrogen and oxygen atoms in total. The lowest BCUT2D eigenvalue weighted by Crippen LogP contribution is -2.23. The maximum absolute atomic E-state index is 5.65. The van der Waals surface area contributed by atoms with Crippen LogP contribution in [-0.4, -0.2) is 11.8 Å².